The molecule has 1 aliphatic heterocycles. The van der Waals surface area contributed by atoms with Crippen LogP contribution in [0.4, 0.5) is 0 Å². The molecule has 1 saturated carbocycles. The number of carbonyl (C=O) groups is 1. The van der Waals surface area contributed by atoms with Crippen LogP contribution in [0.1, 0.15) is 32.1 Å². The first-order valence-corrected chi connectivity index (χ1v) is 6.89. The SMILES string of the molecule is C=CCNC(=O)CN1CC[C@@H]2CCCC[C@H]2C1. The summed E-state index contributed by atoms with van der Waals surface area (Å²) in [6.45, 7) is 6.98. The van der Waals surface area contributed by atoms with E-state index in [0.717, 1.165) is 24.9 Å². The highest BCUT2D eigenvalue weighted by Crippen LogP contribution is 2.35. The molecule has 17 heavy (non-hydrogen) atoms. The molecule has 2 atom stereocenters. The zero-order valence-electron chi connectivity index (χ0n) is 10.7. The second-order valence-electron chi connectivity index (χ2n) is 5.42. The second-order valence-corrected chi connectivity index (χ2v) is 5.42. The van der Waals surface area contributed by atoms with Crippen LogP contribution < -0.4 is 5.32 Å². The first-order chi connectivity index (χ1) is 8.29. The Morgan fingerprint density at radius 1 is 1.29 bits per heavy atom. The average molecular weight is 236 g/mol. The fourth-order valence-electron chi connectivity index (χ4n) is 3.26. The van der Waals surface area contributed by atoms with E-state index in [2.05, 4.69) is 16.8 Å². The minimum absolute atomic E-state index is 0.138. The van der Waals surface area contributed by atoms with Crippen molar-refractivity contribution in [2.75, 3.05) is 26.2 Å². The van der Waals surface area contributed by atoms with Crippen LogP contribution in [0, 0.1) is 11.8 Å². The number of rotatable bonds is 4. The summed E-state index contributed by atoms with van der Waals surface area (Å²) >= 11 is 0. The Kier molecular flexibility index (Phi) is 4.60. The smallest absolute Gasteiger partial charge is 0.234 e. The third-order valence-corrected chi connectivity index (χ3v) is 4.19. The van der Waals surface area contributed by atoms with Gasteiger partial charge in [-0.15, -0.1) is 6.58 Å². The summed E-state index contributed by atoms with van der Waals surface area (Å²) in [5, 5.41) is 2.85. The number of nitrogens with zero attached hydrogens (tertiary/aromatic N) is 1. The van der Waals surface area contributed by atoms with E-state index in [4.69, 9.17) is 0 Å². The van der Waals surface area contributed by atoms with Crippen LogP contribution in [0.25, 0.3) is 0 Å². The molecule has 2 rings (SSSR count). The molecule has 3 heteroatoms. The van der Waals surface area contributed by atoms with E-state index in [9.17, 15) is 4.79 Å². The molecule has 0 aromatic heterocycles. The van der Waals surface area contributed by atoms with Gasteiger partial charge < -0.3 is 5.32 Å². The molecule has 3 nitrogen and oxygen atoms in total. The quantitative estimate of drug-likeness (QED) is 0.755. The van der Waals surface area contributed by atoms with E-state index in [1.807, 2.05) is 0 Å². The number of carbonyl (C=O) groups excluding carboxylic acids is 1. The van der Waals surface area contributed by atoms with Crippen molar-refractivity contribution in [2.45, 2.75) is 32.1 Å². The third kappa shape index (κ3) is 3.56. The van der Waals surface area contributed by atoms with Gasteiger partial charge in [-0.25, -0.2) is 0 Å². The summed E-state index contributed by atoms with van der Waals surface area (Å²) in [6.07, 6.45) is 8.61. The number of likely N-dealkylation sites (tertiary alicyclic amines) is 1. The van der Waals surface area contributed by atoms with Crippen molar-refractivity contribution in [3.8, 4) is 0 Å². The molecule has 1 N–H and O–H groups in total. The van der Waals surface area contributed by atoms with Gasteiger partial charge in [0.05, 0.1) is 6.54 Å². The Bertz CT molecular complexity index is 277. The van der Waals surface area contributed by atoms with Crippen LogP contribution in [-0.2, 0) is 4.79 Å². The van der Waals surface area contributed by atoms with E-state index in [-0.39, 0.29) is 5.91 Å². The number of fused-ring (bicyclic) bond motifs is 1. The summed E-state index contributed by atoms with van der Waals surface area (Å²) in [4.78, 5) is 14.0. The van der Waals surface area contributed by atoms with Crippen LogP contribution >= 0.6 is 0 Å². The van der Waals surface area contributed by atoms with Crippen molar-refractivity contribution in [3.05, 3.63) is 12.7 Å². The van der Waals surface area contributed by atoms with Gasteiger partial charge in [-0.2, -0.15) is 0 Å². The van der Waals surface area contributed by atoms with E-state index in [0.29, 0.717) is 13.1 Å². The van der Waals surface area contributed by atoms with Gasteiger partial charge in [-0.05, 0) is 31.2 Å². The molecule has 2 fully saturated rings. The first kappa shape index (κ1) is 12.6. The average Bonchev–Trinajstić information content (AvgIpc) is 2.36. The molecule has 1 aliphatic carbocycles. The highest BCUT2D eigenvalue weighted by molar-refractivity contribution is 5.78. The van der Waals surface area contributed by atoms with Crippen LogP contribution in [0.5, 0.6) is 0 Å². The van der Waals surface area contributed by atoms with Gasteiger partial charge in [-0.3, -0.25) is 9.69 Å². The lowest BCUT2D eigenvalue weighted by Crippen LogP contribution is -2.46. The van der Waals surface area contributed by atoms with Crippen molar-refractivity contribution in [1.82, 2.24) is 10.2 Å². The Hall–Kier alpha value is -0.830. The Morgan fingerprint density at radius 2 is 2.06 bits per heavy atom. The zero-order valence-corrected chi connectivity index (χ0v) is 10.7. The number of piperidine rings is 1. The Morgan fingerprint density at radius 3 is 2.82 bits per heavy atom. The molecule has 2 aliphatic rings. The third-order valence-electron chi connectivity index (χ3n) is 4.19. The van der Waals surface area contributed by atoms with Crippen molar-refractivity contribution < 1.29 is 4.79 Å². The maximum atomic E-state index is 11.6. The van der Waals surface area contributed by atoms with Gasteiger partial charge in [-0.1, -0.05) is 25.3 Å². The molecule has 1 amide bonds. The molecule has 0 aromatic rings. The summed E-state index contributed by atoms with van der Waals surface area (Å²) in [5.41, 5.74) is 0. The fraction of sp³-hybridized carbons (Fsp3) is 0.786. The lowest BCUT2D eigenvalue weighted by Gasteiger charge is -2.41. The van der Waals surface area contributed by atoms with E-state index < -0.39 is 0 Å². The molecular weight excluding hydrogens is 212 g/mol. The van der Waals surface area contributed by atoms with Crippen LogP contribution in [-0.4, -0.2) is 37.0 Å². The molecule has 0 unspecified atom stereocenters. The van der Waals surface area contributed by atoms with Gasteiger partial charge in [0.25, 0.3) is 0 Å². The number of hydrogen-bond acceptors (Lipinski definition) is 2. The zero-order chi connectivity index (χ0) is 12.1. The van der Waals surface area contributed by atoms with Gasteiger partial charge >= 0.3 is 0 Å². The Labute approximate surface area is 104 Å². The van der Waals surface area contributed by atoms with Crippen LogP contribution in [0.2, 0.25) is 0 Å². The molecular formula is C14H24N2O. The minimum atomic E-state index is 0.138. The maximum Gasteiger partial charge on any atom is 0.234 e. The summed E-state index contributed by atoms with van der Waals surface area (Å²) in [5.74, 6) is 1.93. The van der Waals surface area contributed by atoms with E-state index in [1.165, 1.54) is 32.1 Å². The fourth-order valence-corrected chi connectivity index (χ4v) is 3.26. The van der Waals surface area contributed by atoms with Crippen LogP contribution in [0.15, 0.2) is 12.7 Å². The largest absolute Gasteiger partial charge is 0.352 e. The second kappa shape index (κ2) is 6.20. The molecule has 0 aromatic carbocycles. The predicted molar refractivity (Wildman–Crippen MR) is 69.7 cm³/mol. The van der Waals surface area contributed by atoms with Crippen molar-refractivity contribution in [1.29, 1.82) is 0 Å². The molecule has 0 radical (unpaired) electrons. The normalized spacial score (nSPS) is 29.4. The molecule has 0 spiro atoms. The van der Waals surface area contributed by atoms with Crippen molar-refractivity contribution in [2.24, 2.45) is 11.8 Å². The highest BCUT2D eigenvalue weighted by atomic mass is 16.2. The van der Waals surface area contributed by atoms with Gasteiger partial charge in [0, 0.05) is 13.1 Å². The predicted octanol–water partition coefficient (Wildman–Crippen LogP) is 1.80. The number of amides is 1. The summed E-state index contributed by atoms with van der Waals surface area (Å²) in [6, 6.07) is 0. The van der Waals surface area contributed by atoms with Gasteiger partial charge in [0.1, 0.15) is 0 Å². The lowest BCUT2D eigenvalue weighted by atomic mass is 9.75. The molecule has 1 heterocycles. The van der Waals surface area contributed by atoms with Crippen molar-refractivity contribution >= 4 is 5.91 Å². The van der Waals surface area contributed by atoms with E-state index in [1.54, 1.807) is 6.08 Å². The van der Waals surface area contributed by atoms with Gasteiger partial charge in [0.15, 0.2) is 0 Å². The van der Waals surface area contributed by atoms with Gasteiger partial charge in [0.2, 0.25) is 5.91 Å². The minimum Gasteiger partial charge on any atom is -0.352 e. The topological polar surface area (TPSA) is 32.3 Å². The monoisotopic (exact) mass is 236 g/mol. The summed E-state index contributed by atoms with van der Waals surface area (Å²) < 4.78 is 0. The standard InChI is InChI=1S/C14H24N2O/c1-2-8-15-14(17)11-16-9-7-12-5-3-4-6-13(12)10-16/h2,12-13H,1,3-11H2,(H,15,17)/t12-,13-/m0/s1. The maximum absolute atomic E-state index is 11.6. The molecule has 96 valence electrons. The first-order valence-electron chi connectivity index (χ1n) is 6.89. The van der Waals surface area contributed by atoms with Crippen molar-refractivity contribution in [3.63, 3.8) is 0 Å². The molecule has 0 bridgehead atoms. The number of nitrogens with one attached hydrogen (secondary N) is 1. The van der Waals surface area contributed by atoms with Crippen LogP contribution in [0.3, 0.4) is 0 Å². The van der Waals surface area contributed by atoms with E-state index >= 15 is 0 Å². The summed E-state index contributed by atoms with van der Waals surface area (Å²) in [7, 11) is 0. The Balaban J connectivity index is 1.75. The molecule has 1 saturated heterocycles. The highest BCUT2D eigenvalue weighted by Gasteiger charge is 2.31. The number of hydrogen-bond donors (Lipinski definition) is 1. The lowest BCUT2D eigenvalue weighted by molar-refractivity contribution is -0.122.